The molecule has 0 radical (unpaired) electrons. The lowest BCUT2D eigenvalue weighted by atomic mass is 10.1. The minimum Gasteiger partial charge on any atom is -0.349 e. The number of piperidine rings is 1. The van der Waals surface area contributed by atoms with E-state index in [2.05, 4.69) is 10.6 Å². The Balaban J connectivity index is 2.01. The molecule has 1 fully saturated rings. The zero-order valence-electron chi connectivity index (χ0n) is 12.3. The number of nitrogens with zero attached hydrogens (tertiary/aromatic N) is 2. The molecule has 1 aliphatic rings. The Morgan fingerprint density at radius 2 is 2.38 bits per heavy atom. The van der Waals surface area contributed by atoms with Crippen LogP contribution in [0.25, 0.3) is 0 Å². The van der Waals surface area contributed by atoms with Crippen LogP contribution in [0.1, 0.15) is 43.1 Å². The third-order valence-electron chi connectivity index (χ3n) is 3.71. The Bertz CT molecular complexity index is 506. The van der Waals surface area contributed by atoms with Gasteiger partial charge in [0.05, 0.1) is 11.1 Å². The zero-order valence-corrected chi connectivity index (χ0v) is 12.3. The van der Waals surface area contributed by atoms with E-state index in [0.29, 0.717) is 24.8 Å². The predicted octanol–water partition coefficient (Wildman–Crippen LogP) is 1.68. The molecule has 7 heteroatoms. The molecule has 0 aromatic carbocycles. The van der Waals surface area contributed by atoms with Crippen molar-refractivity contribution in [2.24, 2.45) is 0 Å². The molecule has 21 heavy (non-hydrogen) atoms. The van der Waals surface area contributed by atoms with E-state index in [-0.39, 0.29) is 11.6 Å². The summed E-state index contributed by atoms with van der Waals surface area (Å²) >= 11 is 0. The molecule has 0 bridgehead atoms. The van der Waals surface area contributed by atoms with Crippen LogP contribution >= 0.6 is 0 Å². The molecule has 7 nitrogen and oxygen atoms in total. The normalized spacial score (nSPS) is 18.4. The SMILES string of the molecule is CCCn1cc([N+](=O)[O-])cc1C(=O)NCC1CCCCN1. The first kappa shape index (κ1) is 15.5. The van der Waals surface area contributed by atoms with Crippen molar-refractivity contribution in [2.75, 3.05) is 13.1 Å². The van der Waals surface area contributed by atoms with Gasteiger partial charge < -0.3 is 15.2 Å². The largest absolute Gasteiger partial charge is 0.349 e. The lowest BCUT2D eigenvalue weighted by Gasteiger charge is -2.23. The molecule has 1 unspecified atom stereocenters. The molecule has 0 aliphatic carbocycles. The van der Waals surface area contributed by atoms with Crippen molar-refractivity contribution in [3.63, 3.8) is 0 Å². The van der Waals surface area contributed by atoms with E-state index in [1.165, 1.54) is 25.1 Å². The number of amides is 1. The summed E-state index contributed by atoms with van der Waals surface area (Å²) in [6.45, 7) is 4.11. The maximum Gasteiger partial charge on any atom is 0.287 e. The summed E-state index contributed by atoms with van der Waals surface area (Å²) in [6.07, 6.45) is 5.64. The molecule has 0 saturated carbocycles. The third-order valence-corrected chi connectivity index (χ3v) is 3.71. The van der Waals surface area contributed by atoms with Gasteiger partial charge in [-0.3, -0.25) is 14.9 Å². The second kappa shape index (κ2) is 7.21. The summed E-state index contributed by atoms with van der Waals surface area (Å²) in [5.41, 5.74) is 0.323. The quantitative estimate of drug-likeness (QED) is 0.617. The maximum atomic E-state index is 12.2. The van der Waals surface area contributed by atoms with Crippen molar-refractivity contribution in [3.05, 3.63) is 28.1 Å². The summed E-state index contributed by atoms with van der Waals surface area (Å²) in [5, 5.41) is 17.1. The predicted molar refractivity (Wildman–Crippen MR) is 79.4 cm³/mol. The summed E-state index contributed by atoms with van der Waals surface area (Å²) in [5.74, 6) is -0.246. The molecule has 116 valence electrons. The van der Waals surface area contributed by atoms with Crippen LogP contribution in [0.15, 0.2) is 12.3 Å². The van der Waals surface area contributed by atoms with Crippen LogP contribution in [0, 0.1) is 10.1 Å². The highest BCUT2D eigenvalue weighted by Crippen LogP contribution is 2.17. The van der Waals surface area contributed by atoms with Gasteiger partial charge in [0.1, 0.15) is 5.69 Å². The van der Waals surface area contributed by atoms with E-state index in [1.54, 1.807) is 4.57 Å². The highest BCUT2D eigenvalue weighted by atomic mass is 16.6. The van der Waals surface area contributed by atoms with Gasteiger partial charge in [-0.2, -0.15) is 0 Å². The Morgan fingerprint density at radius 3 is 3.00 bits per heavy atom. The number of aromatic nitrogens is 1. The molecule has 2 N–H and O–H groups in total. The lowest BCUT2D eigenvalue weighted by molar-refractivity contribution is -0.384. The first-order valence-electron chi connectivity index (χ1n) is 7.48. The maximum absolute atomic E-state index is 12.2. The smallest absolute Gasteiger partial charge is 0.287 e. The van der Waals surface area contributed by atoms with Crippen molar-refractivity contribution in [1.82, 2.24) is 15.2 Å². The topological polar surface area (TPSA) is 89.2 Å². The summed E-state index contributed by atoms with van der Waals surface area (Å²) in [6, 6.07) is 1.64. The molecular formula is C14H22N4O3. The van der Waals surface area contributed by atoms with Gasteiger partial charge in [-0.15, -0.1) is 0 Å². The molecule has 1 aromatic heterocycles. The molecule has 1 amide bonds. The molecule has 1 atom stereocenters. The van der Waals surface area contributed by atoms with E-state index in [0.717, 1.165) is 19.4 Å². The van der Waals surface area contributed by atoms with Gasteiger partial charge in [0.2, 0.25) is 0 Å². The highest BCUT2D eigenvalue weighted by molar-refractivity contribution is 5.93. The zero-order chi connectivity index (χ0) is 15.2. The molecule has 2 rings (SSSR count). The van der Waals surface area contributed by atoms with Crippen molar-refractivity contribution < 1.29 is 9.72 Å². The monoisotopic (exact) mass is 294 g/mol. The minimum atomic E-state index is -0.467. The second-order valence-corrected chi connectivity index (χ2v) is 5.39. The number of carbonyl (C=O) groups excluding carboxylic acids is 1. The number of aryl methyl sites for hydroxylation is 1. The van der Waals surface area contributed by atoms with Crippen molar-refractivity contribution in [2.45, 2.75) is 45.2 Å². The molecular weight excluding hydrogens is 272 g/mol. The Kier molecular flexibility index (Phi) is 5.32. The lowest BCUT2D eigenvalue weighted by Crippen LogP contribution is -2.43. The van der Waals surface area contributed by atoms with E-state index < -0.39 is 4.92 Å². The van der Waals surface area contributed by atoms with E-state index >= 15 is 0 Å². The first-order chi connectivity index (χ1) is 10.1. The van der Waals surface area contributed by atoms with Gasteiger partial charge in [-0.25, -0.2) is 0 Å². The number of nitrogens with one attached hydrogen (secondary N) is 2. The van der Waals surface area contributed by atoms with Gasteiger partial charge in [0.25, 0.3) is 11.6 Å². The van der Waals surface area contributed by atoms with Crippen LogP contribution in [0.3, 0.4) is 0 Å². The van der Waals surface area contributed by atoms with Crippen LogP contribution in [0.2, 0.25) is 0 Å². The number of nitro groups is 1. The highest BCUT2D eigenvalue weighted by Gasteiger charge is 2.20. The fraction of sp³-hybridized carbons (Fsp3) is 0.643. The summed E-state index contributed by atoms with van der Waals surface area (Å²) in [7, 11) is 0. The number of carbonyl (C=O) groups is 1. The summed E-state index contributed by atoms with van der Waals surface area (Å²) in [4.78, 5) is 22.6. The fourth-order valence-corrected chi connectivity index (χ4v) is 2.62. The van der Waals surface area contributed by atoms with Gasteiger partial charge in [-0.05, 0) is 25.8 Å². The molecule has 1 aliphatic heterocycles. The minimum absolute atomic E-state index is 0.0376. The van der Waals surface area contributed by atoms with Crippen LogP contribution in [-0.2, 0) is 6.54 Å². The van der Waals surface area contributed by atoms with E-state index in [4.69, 9.17) is 0 Å². The molecule has 1 saturated heterocycles. The average molecular weight is 294 g/mol. The Morgan fingerprint density at radius 1 is 1.57 bits per heavy atom. The number of hydrogen-bond acceptors (Lipinski definition) is 4. The second-order valence-electron chi connectivity index (χ2n) is 5.39. The molecule has 2 heterocycles. The van der Waals surface area contributed by atoms with E-state index in [1.807, 2.05) is 6.92 Å². The van der Waals surface area contributed by atoms with Crippen LogP contribution in [-0.4, -0.2) is 34.5 Å². The molecule has 1 aromatic rings. The Hall–Kier alpha value is -1.89. The first-order valence-corrected chi connectivity index (χ1v) is 7.48. The van der Waals surface area contributed by atoms with Gasteiger partial charge in [-0.1, -0.05) is 13.3 Å². The van der Waals surface area contributed by atoms with Crippen LogP contribution < -0.4 is 10.6 Å². The fourth-order valence-electron chi connectivity index (χ4n) is 2.62. The van der Waals surface area contributed by atoms with Crippen molar-refractivity contribution in [1.29, 1.82) is 0 Å². The van der Waals surface area contributed by atoms with Gasteiger partial charge in [0.15, 0.2) is 0 Å². The summed E-state index contributed by atoms with van der Waals surface area (Å²) < 4.78 is 1.65. The number of hydrogen-bond donors (Lipinski definition) is 2. The average Bonchev–Trinajstić information content (AvgIpc) is 2.91. The van der Waals surface area contributed by atoms with Crippen LogP contribution in [0.4, 0.5) is 5.69 Å². The Labute approximate surface area is 123 Å². The van der Waals surface area contributed by atoms with E-state index in [9.17, 15) is 14.9 Å². The van der Waals surface area contributed by atoms with Crippen molar-refractivity contribution >= 4 is 11.6 Å². The van der Waals surface area contributed by atoms with Crippen molar-refractivity contribution in [3.8, 4) is 0 Å². The molecule has 0 spiro atoms. The number of rotatable bonds is 6. The third kappa shape index (κ3) is 4.04. The standard InChI is InChI=1S/C14H22N4O3/c1-2-7-17-10-12(18(20)21)8-13(17)14(19)16-9-11-5-3-4-6-15-11/h8,10-11,15H,2-7,9H2,1H3,(H,16,19). The van der Waals surface area contributed by atoms with Gasteiger partial charge in [0, 0.05) is 25.2 Å². The van der Waals surface area contributed by atoms with Crippen LogP contribution in [0.5, 0.6) is 0 Å². The van der Waals surface area contributed by atoms with Gasteiger partial charge >= 0.3 is 0 Å².